The van der Waals surface area contributed by atoms with E-state index < -0.39 is 18.4 Å². The summed E-state index contributed by atoms with van der Waals surface area (Å²) in [5, 5.41) is 12.7. The first-order chi connectivity index (χ1) is 7.56. The van der Waals surface area contributed by atoms with Crippen molar-refractivity contribution in [2.24, 2.45) is 0 Å². The van der Waals surface area contributed by atoms with Gasteiger partial charge in [-0.25, -0.2) is 0 Å². The number of hydrogen-bond donors (Lipinski definition) is 3. The van der Waals surface area contributed by atoms with Gasteiger partial charge in [-0.15, -0.1) is 12.3 Å². The molecule has 0 aliphatic rings. The molecule has 2 amide bonds. The summed E-state index contributed by atoms with van der Waals surface area (Å²) in [6, 6.07) is 0. The van der Waals surface area contributed by atoms with E-state index in [1.807, 2.05) is 0 Å². The van der Waals surface area contributed by atoms with Crippen LogP contribution in [0.1, 0.15) is 19.3 Å². The summed E-state index contributed by atoms with van der Waals surface area (Å²) in [5.74, 6) is 0.454. The molecule has 6 nitrogen and oxygen atoms in total. The lowest BCUT2D eigenvalue weighted by Gasteiger charge is -2.04. The van der Waals surface area contributed by atoms with Crippen LogP contribution in [0, 0.1) is 12.3 Å². The van der Waals surface area contributed by atoms with Crippen LogP contribution in [0.2, 0.25) is 0 Å². The van der Waals surface area contributed by atoms with E-state index in [0.29, 0.717) is 12.8 Å². The quantitative estimate of drug-likeness (QED) is 0.387. The monoisotopic (exact) mass is 226 g/mol. The Hall–Kier alpha value is -2.03. The summed E-state index contributed by atoms with van der Waals surface area (Å²) >= 11 is 0. The van der Waals surface area contributed by atoms with Crippen molar-refractivity contribution in [1.82, 2.24) is 10.6 Å². The van der Waals surface area contributed by atoms with E-state index >= 15 is 0 Å². The van der Waals surface area contributed by atoms with Gasteiger partial charge in [0, 0.05) is 12.8 Å². The first-order valence-corrected chi connectivity index (χ1v) is 4.75. The number of nitrogens with one attached hydrogen (secondary N) is 2. The van der Waals surface area contributed by atoms with Gasteiger partial charge in [0.25, 0.3) is 0 Å². The fourth-order valence-corrected chi connectivity index (χ4v) is 0.855. The molecular weight excluding hydrogens is 212 g/mol. The number of rotatable bonds is 7. The van der Waals surface area contributed by atoms with Gasteiger partial charge in [-0.05, 0) is 6.42 Å². The molecule has 0 heterocycles. The second-order valence-electron chi connectivity index (χ2n) is 3.00. The van der Waals surface area contributed by atoms with E-state index in [-0.39, 0.29) is 18.9 Å². The fraction of sp³-hybridized carbons (Fsp3) is 0.500. The van der Waals surface area contributed by atoms with E-state index in [0.717, 1.165) is 0 Å². The number of terminal acetylenes is 1. The summed E-state index contributed by atoms with van der Waals surface area (Å²) < 4.78 is 0. The zero-order valence-electron chi connectivity index (χ0n) is 8.78. The number of carboxylic acid groups (broad SMARTS) is 1. The predicted octanol–water partition coefficient (Wildman–Crippen LogP) is -0.893. The third-order valence-corrected chi connectivity index (χ3v) is 1.61. The first-order valence-electron chi connectivity index (χ1n) is 4.75. The summed E-state index contributed by atoms with van der Waals surface area (Å²) in [6.45, 7) is -0.673. The van der Waals surface area contributed by atoms with Gasteiger partial charge in [-0.2, -0.15) is 0 Å². The molecule has 0 atom stereocenters. The van der Waals surface area contributed by atoms with Crippen molar-refractivity contribution in [3.8, 4) is 12.3 Å². The second-order valence-corrected chi connectivity index (χ2v) is 3.00. The molecule has 0 aliphatic heterocycles. The number of carboxylic acids is 1. The molecule has 0 aliphatic carbocycles. The molecule has 0 aromatic heterocycles. The van der Waals surface area contributed by atoms with Gasteiger partial charge in [-0.3, -0.25) is 14.4 Å². The summed E-state index contributed by atoms with van der Waals surface area (Å²) in [6.07, 6.45) is 6.34. The molecule has 88 valence electrons. The predicted molar refractivity (Wildman–Crippen MR) is 56.3 cm³/mol. The molecule has 0 aromatic carbocycles. The van der Waals surface area contributed by atoms with E-state index in [9.17, 15) is 14.4 Å². The Morgan fingerprint density at radius 2 is 1.75 bits per heavy atom. The van der Waals surface area contributed by atoms with Crippen molar-refractivity contribution in [2.45, 2.75) is 19.3 Å². The van der Waals surface area contributed by atoms with Gasteiger partial charge in [0.2, 0.25) is 11.8 Å². The van der Waals surface area contributed by atoms with Crippen LogP contribution in [0.4, 0.5) is 0 Å². The highest BCUT2D eigenvalue weighted by atomic mass is 16.4. The number of hydrogen-bond acceptors (Lipinski definition) is 3. The van der Waals surface area contributed by atoms with Crippen LogP contribution in [-0.2, 0) is 14.4 Å². The number of aliphatic carboxylic acids is 1. The molecule has 0 fully saturated rings. The Morgan fingerprint density at radius 3 is 2.31 bits per heavy atom. The Morgan fingerprint density at radius 1 is 1.12 bits per heavy atom. The molecule has 6 heteroatoms. The highest BCUT2D eigenvalue weighted by Gasteiger charge is 2.05. The molecule has 0 rings (SSSR count). The number of unbranched alkanes of at least 4 members (excludes halogenated alkanes) is 1. The molecule has 0 bridgehead atoms. The topological polar surface area (TPSA) is 95.5 Å². The lowest BCUT2D eigenvalue weighted by atomic mass is 10.2. The minimum absolute atomic E-state index is 0.220. The van der Waals surface area contributed by atoms with Crippen molar-refractivity contribution in [3.05, 3.63) is 0 Å². The van der Waals surface area contributed by atoms with Crippen molar-refractivity contribution in [3.63, 3.8) is 0 Å². The molecule has 0 saturated carbocycles. The van der Waals surface area contributed by atoms with Crippen molar-refractivity contribution in [2.75, 3.05) is 13.1 Å². The average molecular weight is 226 g/mol. The maximum absolute atomic E-state index is 11.1. The first kappa shape index (κ1) is 14.0. The molecule has 0 spiro atoms. The van der Waals surface area contributed by atoms with Gasteiger partial charge < -0.3 is 15.7 Å². The number of amides is 2. The molecule has 16 heavy (non-hydrogen) atoms. The SMILES string of the molecule is C#CCCCC(=O)NCC(=O)NCC(=O)O. The van der Waals surface area contributed by atoms with Gasteiger partial charge in [0.1, 0.15) is 6.54 Å². The highest BCUT2D eigenvalue weighted by Crippen LogP contribution is 1.92. The fourth-order valence-electron chi connectivity index (χ4n) is 0.855. The number of carbonyl (C=O) groups excluding carboxylic acids is 2. The van der Waals surface area contributed by atoms with E-state index in [1.165, 1.54) is 0 Å². The van der Waals surface area contributed by atoms with Gasteiger partial charge >= 0.3 is 5.97 Å². The van der Waals surface area contributed by atoms with E-state index in [4.69, 9.17) is 11.5 Å². The van der Waals surface area contributed by atoms with Crippen LogP contribution >= 0.6 is 0 Å². The smallest absolute Gasteiger partial charge is 0.322 e. The van der Waals surface area contributed by atoms with Crippen LogP contribution in [0.3, 0.4) is 0 Å². The maximum Gasteiger partial charge on any atom is 0.322 e. The zero-order valence-corrected chi connectivity index (χ0v) is 8.78. The van der Waals surface area contributed by atoms with Gasteiger partial charge in [0.05, 0.1) is 6.54 Å². The zero-order chi connectivity index (χ0) is 12.4. The molecule has 3 N–H and O–H groups in total. The van der Waals surface area contributed by atoms with E-state index in [1.54, 1.807) is 0 Å². The molecule has 0 unspecified atom stereocenters. The highest BCUT2D eigenvalue weighted by molar-refractivity contribution is 5.86. The van der Waals surface area contributed by atoms with Crippen LogP contribution in [0.15, 0.2) is 0 Å². The molecular formula is C10H14N2O4. The van der Waals surface area contributed by atoms with Gasteiger partial charge in [0.15, 0.2) is 0 Å². The third kappa shape index (κ3) is 8.56. The van der Waals surface area contributed by atoms with Gasteiger partial charge in [-0.1, -0.05) is 0 Å². The minimum atomic E-state index is -1.13. The molecule has 0 aromatic rings. The van der Waals surface area contributed by atoms with E-state index in [2.05, 4.69) is 16.6 Å². The Labute approximate surface area is 93.4 Å². The minimum Gasteiger partial charge on any atom is -0.480 e. The summed E-state index contributed by atoms with van der Waals surface area (Å²) in [7, 11) is 0. The molecule has 0 saturated heterocycles. The average Bonchev–Trinajstić information content (AvgIpc) is 2.24. The van der Waals surface area contributed by atoms with Crippen molar-refractivity contribution < 1.29 is 19.5 Å². The second kappa shape index (κ2) is 8.29. The van der Waals surface area contributed by atoms with Crippen LogP contribution in [0.5, 0.6) is 0 Å². The largest absolute Gasteiger partial charge is 0.480 e. The summed E-state index contributed by atoms with van der Waals surface area (Å²) in [5.41, 5.74) is 0. The third-order valence-electron chi connectivity index (χ3n) is 1.61. The van der Waals surface area contributed by atoms with Crippen molar-refractivity contribution in [1.29, 1.82) is 0 Å². The summed E-state index contributed by atoms with van der Waals surface area (Å²) in [4.78, 5) is 32.1. The number of carbonyl (C=O) groups is 3. The maximum atomic E-state index is 11.1. The van der Waals surface area contributed by atoms with Crippen LogP contribution in [-0.4, -0.2) is 36.0 Å². The Balaban J connectivity index is 3.56. The normalized spacial score (nSPS) is 8.94. The van der Waals surface area contributed by atoms with Crippen molar-refractivity contribution >= 4 is 17.8 Å². The lowest BCUT2D eigenvalue weighted by molar-refractivity contribution is -0.137. The lowest BCUT2D eigenvalue weighted by Crippen LogP contribution is -2.38. The van der Waals surface area contributed by atoms with Crippen LogP contribution in [0.25, 0.3) is 0 Å². The standard InChI is InChI=1S/C10H14N2O4/c1-2-3-4-5-8(13)11-6-9(14)12-7-10(15)16/h1H,3-7H2,(H,11,13)(H,12,14)(H,15,16). The molecule has 0 radical (unpaired) electrons. The Bertz CT molecular complexity index is 306. The van der Waals surface area contributed by atoms with Crippen LogP contribution < -0.4 is 10.6 Å². The Kier molecular flexibility index (Phi) is 7.24.